The Morgan fingerprint density at radius 1 is 1.03 bits per heavy atom. The summed E-state index contributed by atoms with van der Waals surface area (Å²) in [5.74, 6) is -0.663. The van der Waals surface area contributed by atoms with Crippen LogP contribution in [0, 0.1) is 11.3 Å². The molecule has 0 aliphatic carbocycles. The Balaban J connectivity index is 1.40. The number of carbonyl (C=O) groups excluding carboxylic acids is 3. The smallest absolute Gasteiger partial charge is 0.325 e. The molecule has 2 aliphatic rings. The summed E-state index contributed by atoms with van der Waals surface area (Å²) in [5, 5.41) is 11.7. The molecular weight excluding hydrogens is 406 g/mol. The Bertz CT molecular complexity index is 1060. The maximum Gasteiger partial charge on any atom is 0.325 e. The third kappa shape index (κ3) is 4.02. The zero-order chi connectivity index (χ0) is 22.7. The summed E-state index contributed by atoms with van der Waals surface area (Å²) in [7, 11) is 0. The minimum atomic E-state index is -1.18. The number of hydrogen-bond acceptors (Lipinski definition) is 5. The van der Waals surface area contributed by atoms with Gasteiger partial charge in [0.05, 0.1) is 11.6 Å². The summed E-state index contributed by atoms with van der Waals surface area (Å²) in [6.07, 6.45) is 0.771. The summed E-state index contributed by atoms with van der Waals surface area (Å²) in [6, 6.07) is 18.0. The summed E-state index contributed by atoms with van der Waals surface area (Å²) in [6.45, 7) is 3.87. The lowest BCUT2D eigenvalue weighted by atomic mass is 9.92. The summed E-state index contributed by atoms with van der Waals surface area (Å²) in [5.41, 5.74) is 1.12. The van der Waals surface area contributed by atoms with Crippen molar-refractivity contribution in [3.63, 3.8) is 0 Å². The Morgan fingerprint density at radius 2 is 1.75 bits per heavy atom. The fourth-order valence-corrected chi connectivity index (χ4v) is 4.21. The maximum atomic E-state index is 13.1. The van der Waals surface area contributed by atoms with Crippen molar-refractivity contribution >= 4 is 23.5 Å². The van der Waals surface area contributed by atoms with Crippen molar-refractivity contribution in [2.45, 2.75) is 18.9 Å². The molecule has 32 heavy (non-hydrogen) atoms. The highest BCUT2D eigenvalue weighted by atomic mass is 16.2. The van der Waals surface area contributed by atoms with Crippen molar-refractivity contribution in [1.29, 1.82) is 5.26 Å². The lowest BCUT2D eigenvalue weighted by Gasteiger charge is -2.25. The molecule has 1 N–H and O–H groups in total. The number of benzene rings is 2. The van der Waals surface area contributed by atoms with Crippen molar-refractivity contribution in [2.75, 3.05) is 37.6 Å². The van der Waals surface area contributed by atoms with E-state index >= 15 is 0 Å². The molecule has 0 radical (unpaired) electrons. The zero-order valence-corrected chi connectivity index (χ0v) is 18.0. The Hall–Kier alpha value is -3.86. The number of nitriles is 1. The number of hydrogen-bond donors (Lipinski definition) is 1. The van der Waals surface area contributed by atoms with Crippen molar-refractivity contribution in [3.05, 3.63) is 65.7 Å². The number of nitrogens with zero attached hydrogens (tertiary/aromatic N) is 4. The van der Waals surface area contributed by atoms with E-state index in [9.17, 15) is 14.4 Å². The molecule has 0 saturated carbocycles. The molecule has 2 aromatic carbocycles. The largest absolute Gasteiger partial charge is 0.370 e. The van der Waals surface area contributed by atoms with Gasteiger partial charge in [-0.15, -0.1) is 0 Å². The number of rotatable bonds is 4. The van der Waals surface area contributed by atoms with E-state index in [0.717, 1.165) is 23.6 Å². The molecule has 2 fully saturated rings. The monoisotopic (exact) mass is 431 g/mol. The fraction of sp³-hybridized carbons (Fsp3) is 0.333. The van der Waals surface area contributed by atoms with Gasteiger partial charge in [0.2, 0.25) is 5.91 Å². The van der Waals surface area contributed by atoms with Crippen LogP contribution in [0.5, 0.6) is 0 Å². The van der Waals surface area contributed by atoms with Gasteiger partial charge in [0.25, 0.3) is 5.91 Å². The van der Waals surface area contributed by atoms with Gasteiger partial charge in [-0.1, -0.05) is 30.3 Å². The van der Waals surface area contributed by atoms with Gasteiger partial charge in [-0.2, -0.15) is 5.26 Å². The van der Waals surface area contributed by atoms with Crippen LogP contribution >= 0.6 is 0 Å². The first-order valence-electron chi connectivity index (χ1n) is 10.6. The van der Waals surface area contributed by atoms with E-state index in [1.807, 2.05) is 30.3 Å². The second-order valence-electron chi connectivity index (χ2n) is 8.19. The Labute approximate surface area is 187 Å². The highest BCUT2D eigenvalue weighted by Crippen LogP contribution is 2.28. The van der Waals surface area contributed by atoms with Gasteiger partial charge in [-0.3, -0.25) is 14.5 Å². The molecule has 0 spiro atoms. The van der Waals surface area contributed by atoms with Crippen molar-refractivity contribution in [1.82, 2.24) is 15.1 Å². The van der Waals surface area contributed by atoms with Crippen LogP contribution in [0.25, 0.3) is 0 Å². The average molecular weight is 431 g/mol. The van der Waals surface area contributed by atoms with Crippen LogP contribution < -0.4 is 10.2 Å². The van der Waals surface area contributed by atoms with Gasteiger partial charge in [-0.25, -0.2) is 4.79 Å². The van der Waals surface area contributed by atoms with Crippen LogP contribution in [-0.4, -0.2) is 60.4 Å². The Morgan fingerprint density at radius 3 is 2.44 bits per heavy atom. The van der Waals surface area contributed by atoms with E-state index in [1.165, 1.54) is 0 Å². The van der Waals surface area contributed by atoms with Crippen LogP contribution in [0.1, 0.15) is 24.5 Å². The highest BCUT2D eigenvalue weighted by molar-refractivity contribution is 6.09. The first-order chi connectivity index (χ1) is 15.4. The number of imide groups is 1. The third-order valence-corrected chi connectivity index (χ3v) is 6.13. The molecule has 2 saturated heterocycles. The van der Waals surface area contributed by atoms with Crippen LogP contribution in [0.2, 0.25) is 0 Å². The van der Waals surface area contributed by atoms with E-state index in [4.69, 9.17) is 5.26 Å². The minimum absolute atomic E-state index is 0.243. The number of carbonyl (C=O) groups is 3. The summed E-state index contributed by atoms with van der Waals surface area (Å²) in [4.78, 5) is 43.5. The van der Waals surface area contributed by atoms with E-state index < -0.39 is 17.5 Å². The summed E-state index contributed by atoms with van der Waals surface area (Å²) < 4.78 is 0. The van der Waals surface area contributed by atoms with Gasteiger partial charge in [0, 0.05) is 31.9 Å². The predicted octanol–water partition coefficient (Wildman–Crippen LogP) is 2.06. The molecule has 0 bridgehead atoms. The van der Waals surface area contributed by atoms with E-state index in [0.29, 0.717) is 30.8 Å². The lowest BCUT2D eigenvalue weighted by Crippen LogP contribution is -2.45. The predicted molar refractivity (Wildman–Crippen MR) is 119 cm³/mol. The Kier molecular flexibility index (Phi) is 5.82. The van der Waals surface area contributed by atoms with Gasteiger partial charge in [-0.05, 0) is 43.2 Å². The molecule has 8 heteroatoms. The van der Waals surface area contributed by atoms with Crippen LogP contribution in [0.4, 0.5) is 10.5 Å². The van der Waals surface area contributed by atoms with Crippen LogP contribution in [0.3, 0.4) is 0 Å². The van der Waals surface area contributed by atoms with Gasteiger partial charge < -0.3 is 15.1 Å². The third-order valence-electron chi connectivity index (χ3n) is 6.13. The second-order valence-corrected chi connectivity index (χ2v) is 8.19. The van der Waals surface area contributed by atoms with Crippen LogP contribution in [0.15, 0.2) is 54.6 Å². The molecule has 2 aliphatic heterocycles. The van der Waals surface area contributed by atoms with Crippen LogP contribution in [-0.2, 0) is 15.1 Å². The maximum absolute atomic E-state index is 13.1. The molecular formula is C24H25N5O3. The molecule has 4 rings (SSSR count). The molecule has 164 valence electrons. The van der Waals surface area contributed by atoms with Crippen molar-refractivity contribution in [2.24, 2.45) is 0 Å². The normalized spacial score (nSPS) is 21.2. The fourth-order valence-electron chi connectivity index (χ4n) is 4.21. The van der Waals surface area contributed by atoms with E-state index in [2.05, 4.69) is 16.3 Å². The molecule has 1 unspecified atom stereocenters. The highest BCUT2D eigenvalue weighted by Gasteiger charge is 2.49. The van der Waals surface area contributed by atoms with Gasteiger partial charge >= 0.3 is 6.03 Å². The number of urea groups is 1. The molecule has 0 aromatic heterocycles. The molecule has 4 amide bonds. The molecule has 1 atom stereocenters. The number of nitrogens with one attached hydrogen (secondary N) is 1. The number of anilines is 1. The minimum Gasteiger partial charge on any atom is -0.370 e. The molecule has 8 nitrogen and oxygen atoms in total. The molecule has 2 aromatic rings. The van der Waals surface area contributed by atoms with Gasteiger partial charge in [0.1, 0.15) is 12.1 Å². The second kappa shape index (κ2) is 8.71. The van der Waals surface area contributed by atoms with Crippen molar-refractivity contribution in [3.8, 4) is 6.07 Å². The number of amides is 4. The first kappa shape index (κ1) is 21.4. The van der Waals surface area contributed by atoms with E-state index in [-0.39, 0.29) is 12.5 Å². The summed E-state index contributed by atoms with van der Waals surface area (Å²) >= 11 is 0. The topological polar surface area (TPSA) is 96.8 Å². The standard InChI is InChI=1S/C24H25N5O3/c1-24(19-6-3-2-4-7-19)22(31)29(23(32)26-24)17-21(30)28-13-5-12-27(14-15-28)20-10-8-18(16-25)9-11-20/h2-4,6-11H,5,12-15,17H2,1H3,(H,26,32). The van der Waals surface area contributed by atoms with Gasteiger partial charge in [0.15, 0.2) is 0 Å². The average Bonchev–Trinajstić information content (AvgIpc) is 2.99. The zero-order valence-electron chi connectivity index (χ0n) is 18.0. The molecule has 2 heterocycles. The lowest BCUT2D eigenvalue weighted by molar-refractivity contribution is -0.138. The van der Waals surface area contributed by atoms with Crippen molar-refractivity contribution < 1.29 is 14.4 Å². The quantitative estimate of drug-likeness (QED) is 0.748. The first-order valence-corrected chi connectivity index (χ1v) is 10.6. The van der Waals surface area contributed by atoms with E-state index in [1.54, 1.807) is 36.1 Å². The SMILES string of the molecule is CC1(c2ccccc2)NC(=O)N(CC(=O)N2CCCN(c3ccc(C#N)cc3)CC2)C1=O.